The molecule has 1 saturated heterocycles. The van der Waals surface area contributed by atoms with E-state index in [2.05, 4.69) is 30.6 Å². The van der Waals surface area contributed by atoms with Gasteiger partial charge in [0.05, 0.1) is 6.61 Å². The summed E-state index contributed by atoms with van der Waals surface area (Å²) in [4.78, 5) is 2.31. The van der Waals surface area contributed by atoms with E-state index in [-0.39, 0.29) is 18.2 Å². The predicted octanol–water partition coefficient (Wildman–Crippen LogP) is 0.217. The predicted molar refractivity (Wildman–Crippen MR) is 54.7 cm³/mol. The van der Waals surface area contributed by atoms with Crippen molar-refractivity contribution in [1.29, 1.82) is 0 Å². The molecule has 1 atom stereocenters. The first-order valence-corrected chi connectivity index (χ1v) is 4.79. The van der Waals surface area contributed by atoms with Crippen LogP contribution in [0, 0.1) is 0 Å². The molecule has 0 spiro atoms. The van der Waals surface area contributed by atoms with E-state index in [1.807, 2.05) is 6.08 Å². The van der Waals surface area contributed by atoms with Crippen molar-refractivity contribution in [2.45, 2.75) is 25.4 Å². The third-order valence-corrected chi connectivity index (χ3v) is 2.30. The Morgan fingerprint density at radius 2 is 2.38 bits per heavy atom. The molecule has 1 heterocycles. The molecule has 0 aliphatic carbocycles. The fraction of sp³-hybridized carbons (Fsp3) is 0.800. The lowest BCUT2D eigenvalue weighted by atomic mass is 9.99. The third kappa shape index (κ3) is 3.10. The summed E-state index contributed by atoms with van der Waals surface area (Å²) in [5, 5.41) is 12.5. The number of aliphatic hydroxyl groups excluding tert-OH is 1. The van der Waals surface area contributed by atoms with Gasteiger partial charge in [0.25, 0.3) is 0 Å². The Hall–Kier alpha value is -0.380. The van der Waals surface area contributed by atoms with Crippen LogP contribution in [0.15, 0.2) is 12.7 Å². The Morgan fingerprint density at radius 1 is 1.69 bits per heavy atom. The second-order valence-electron chi connectivity index (χ2n) is 4.39. The minimum Gasteiger partial charge on any atom is -0.395 e. The van der Waals surface area contributed by atoms with Crippen molar-refractivity contribution in [3.8, 4) is 0 Å². The maximum atomic E-state index is 9.09. The number of rotatable bonds is 3. The van der Waals surface area contributed by atoms with Crippen molar-refractivity contribution in [2.75, 3.05) is 26.2 Å². The molecule has 0 saturated carbocycles. The van der Waals surface area contributed by atoms with Crippen LogP contribution in [-0.4, -0.2) is 47.8 Å². The zero-order valence-electron chi connectivity index (χ0n) is 8.58. The highest BCUT2D eigenvalue weighted by Crippen LogP contribution is 2.13. The molecule has 2 N–H and O–H groups in total. The number of piperazine rings is 1. The lowest BCUT2D eigenvalue weighted by molar-refractivity contribution is 0.0945. The monoisotopic (exact) mass is 184 g/mol. The number of nitrogens with zero attached hydrogens (tertiary/aromatic N) is 1. The third-order valence-electron chi connectivity index (χ3n) is 2.30. The molecule has 0 aromatic carbocycles. The van der Waals surface area contributed by atoms with E-state index in [0.717, 1.165) is 19.6 Å². The Balaban J connectivity index is 2.54. The molecule has 1 aliphatic heterocycles. The highest BCUT2D eigenvalue weighted by molar-refractivity contribution is 4.93. The van der Waals surface area contributed by atoms with Gasteiger partial charge in [-0.25, -0.2) is 0 Å². The first-order valence-electron chi connectivity index (χ1n) is 4.79. The highest BCUT2D eigenvalue weighted by atomic mass is 16.3. The second kappa shape index (κ2) is 4.22. The van der Waals surface area contributed by atoms with Crippen LogP contribution in [0.4, 0.5) is 0 Å². The van der Waals surface area contributed by atoms with Gasteiger partial charge < -0.3 is 10.4 Å². The maximum absolute atomic E-state index is 9.09. The van der Waals surface area contributed by atoms with E-state index in [4.69, 9.17) is 5.11 Å². The summed E-state index contributed by atoms with van der Waals surface area (Å²) in [7, 11) is 0. The number of nitrogens with one attached hydrogen (secondary N) is 1. The van der Waals surface area contributed by atoms with E-state index >= 15 is 0 Å². The quantitative estimate of drug-likeness (QED) is 0.616. The van der Waals surface area contributed by atoms with Crippen LogP contribution in [0.2, 0.25) is 0 Å². The molecular weight excluding hydrogens is 164 g/mol. The van der Waals surface area contributed by atoms with Crippen molar-refractivity contribution in [2.24, 2.45) is 0 Å². The first kappa shape index (κ1) is 10.7. The van der Waals surface area contributed by atoms with Crippen LogP contribution < -0.4 is 5.32 Å². The van der Waals surface area contributed by atoms with Crippen molar-refractivity contribution in [3.05, 3.63) is 12.7 Å². The van der Waals surface area contributed by atoms with Gasteiger partial charge in [0.2, 0.25) is 0 Å². The zero-order valence-corrected chi connectivity index (χ0v) is 8.58. The molecule has 0 amide bonds. The van der Waals surface area contributed by atoms with Crippen LogP contribution in [0.5, 0.6) is 0 Å². The molecule has 1 rings (SSSR count). The topological polar surface area (TPSA) is 35.5 Å². The molecule has 1 unspecified atom stereocenters. The van der Waals surface area contributed by atoms with Gasteiger partial charge >= 0.3 is 0 Å². The molecular formula is C10H20N2O. The van der Waals surface area contributed by atoms with Crippen LogP contribution >= 0.6 is 0 Å². The summed E-state index contributed by atoms with van der Waals surface area (Å²) in [6.45, 7) is 11.1. The Kier molecular flexibility index (Phi) is 3.47. The fourth-order valence-electron chi connectivity index (χ4n) is 2.00. The average Bonchev–Trinajstić information content (AvgIpc) is 2.02. The van der Waals surface area contributed by atoms with Crippen molar-refractivity contribution in [1.82, 2.24) is 10.2 Å². The Bertz CT molecular complexity index is 180. The van der Waals surface area contributed by atoms with E-state index in [1.54, 1.807) is 0 Å². The van der Waals surface area contributed by atoms with Gasteiger partial charge in [-0.05, 0) is 13.8 Å². The van der Waals surface area contributed by atoms with Crippen LogP contribution in [0.3, 0.4) is 0 Å². The summed E-state index contributed by atoms with van der Waals surface area (Å²) in [6, 6.07) is 0.198. The van der Waals surface area contributed by atoms with E-state index < -0.39 is 0 Å². The van der Waals surface area contributed by atoms with Gasteiger partial charge in [0.15, 0.2) is 0 Å². The first-order chi connectivity index (χ1) is 6.07. The molecule has 0 aromatic rings. The van der Waals surface area contributed by atoms with Gasteiger partial charge in [0, 0.05) is 31.2 Å². The lowest BCUT2D eigenvalue weighted by Gasteiger charge is -2.43. The van der Waals surface area contributed by atoms with E-state index in [1.165, 1.54) is 0 Å². The maximum Gasteiger partial charge on any atom is 0.0597 e. The Labute approximate surface area is 80.4 Å². The van der Waals surface area contributed by atoms with Gasteiger partial charge in [-0.2, -0.15) is 0 Å². The summed E-state index contributed by atoms with van der Waals surface area (Å²) in [6.07, 6.45) is 1.91. The zero-order chi connectivity index (χ0) is 9.90. The SMILES string of the molecule is C=CCN1CC(CO)NC(C)(C)C1. The lowest BCUT2D eigenvalue weighted by Crippen LogP contribution is -2.62. The minimum atomic E-state index is 0.0919. The van der Waals surface area contributed by atoms with E-state index in [0.29, 0.717) is 0 Å². The summed E-state index contributed by atoms with van der Waals surface area (Å²) < 4.78 is 0. The number of hydrogen-bond donors (Lipinski definition) is 2. The van der Waals surface area contributed by atoms with Gasteiger partial charge in [0.1, 0.15) is 0 Å². The van der Waals surface area contributed by atoms with Gasteiger partial charge in [-0.15, -0.1) is 6.58 Å². The van der Waals surface area contributed by atoms with Crippen LogP contribution in [0.1, 0.15) is 13.8 Å². The molecule has 3 nitrogen and oxygen atoms in total. The Morgan fingerprint density at radius 3 is 2.92 bits per heavy atom. The fourth-order valence-corrected chi connectivity index (χ4v) is 2.00. The molecule has 1 aliphatic rings. The van der Waals surface area contributed by atoms with Crippen LogP contribution in [0.25, 0.3) is 0 Å². The van der Waals surface area contributed by atoms with Gasteiger partial charge in [-0.3, -0.25) is 4.90 Å². The smallest absolute Gasteiger partial charge is 0.0597 e. The average molecular weight is 184 g/mol. The number of hydrogen-bond acceptors (Lipinski definition) is 3. The molecule has 0 aromatic heterocycles. The van der Waals surface area contributed by atoms with Crippen LogP contribution in [-0.2, 0) is 0 Å². The largest absolute Gasteiger partial charge is 0.395 e. The van der Waals surface area contributed by atoms with Crippen molar-refractivity contribution >= 4 is 0 Å². The normalized spacial score (nSPS) is 28.7. The molecule has 13 heavy (non-hydrogen) atoms. The van der Waals surface area contributed by atoms with Gasteiger partial charge in [-0.1, -0.05) is 6.08 Å². The molecule has 0 radical (unpaired) electrons. The molecule has 0 bridgehead atoms. The van der Waals surface area contributed by atoms with Crippen molar-refractivity contribution < 1.29 is 5.11 Å². The molecule has 3 heteroatoms. The highest BCUT2D eigenvalue weighted by Gasteiger charge is 2.30. The minimum absolute atomic E-state index is 0.0919. The molecule has 76 valence electrons. The molecule has 1 fully saturated rings. The summed E-state index contributed by atoms with van der Waals surface area (Å²) in [5.41, 5.74) is 0.0919. The van der Waals surface area contributed by atoms with Crippen molar-refractivity contribution in [3.63, 3.8) is 0 Å². The standard InChI is InChI=1S/C10H20N2O/c1-4-5-12-6-9(7-13)11-10(2,3)8-12/h4,9,11,13H,1,5-8H2,2-3H3. The second-order valence-corrected chi connectivity index (χ2v) is 4.39. The summed E-state index contributed by atoms with van der Waals surface area (Å²) in [5.74, 6) is 0. The van der Waals surface area contributed by atoms with E-state index in [9.17, 15) is 0 Å². The number of aliphatic hydroxyl groups is 1. The summed E-state index contributed by atoms with van der Waals surface area (Å²) >= 11 is 0.